The first-order valence-electron chi connectivity index (χ1n) is 5.84. The Labute approximate surface area is 107 Å². The highest BCUT2D eigenvalue weighted by Gasteiger charge is 2.16. The molecular weight excluding hydrogens is 226 g/mol. The van der Waals surface area contributed by atoms with Gasteiger partial charge in [-0.1, -0.05) is 6.07 Å². The van der Waals surface area contributed by atoms with Gasteiger partial charge in [-0.25, -0.2) is 0 Å². The molecule has 2 aromatic heterocycles. The first-order valence-corrected chi connectivity index (χ1v) is 5.84. The van der Waals surface area contributed by atoms with E-state index in [0.717, 1.165) is 22.6 Å². The van der Waals surface area contributed by atoms with Gasteiger partial charge in [-0.05, 0) is 31.7 Å². The first kappa shape index (κ1) is 12.5. The van der Waals surface area contributed by atoms with Crippen molar-refractivity contribution in [1.29, 1.82) is 0 Å². The molecule has 0 aliphatic heterocycles. The Morgan fingerprint density at radius 2 is 2.06 bits per heavy atom. The highest BCUT2D eigenvalue weighted by atomic mass is 16.5. The Hall–Kier alpha value is -1.94. The Kier molecular flexibility index (Phi) is 3.89. The predicted molar refractivity (Wildman–Crippen MR) is 70.7 cm³/mol. The van der Waals surface area contributed by atoms with Gasteiger partial charge in [-0.2, -0.15) is 0 Å². The van der Waals surface area contributed by atoms with Crippen molar-refractivity contribution in [2.24, 2.45) is 0 Å². The summed E-state index contributed by atoms with van der Waals surface area (Å²) >= 11 is 0. The first-order chi connectivity index (χ1) is 8.76. The second kappa shape index (κ2) is 5.60. The number of hydrogen-bond donors (Lipinski definition) is 1. The third kappa shape index (κ3) is 2.49. The Morgan fingerprint density at radius 1 is 1.22 bits per heavy atom. The zero-order valence-corrected chi connectivity index (χ0v) is 10.8. The van der Waals surface area contributed by atoms with Crippen molar-refractivity contribution >= 4 is 0 Å². The summed E-state index contributed by atoms with van der Waals surface area (Å²) in [7, 11) is 3.57. The van der Waals surface area contributed by atoms with Crippen molar-refractivity contribution in [1.82, 2.24) is 15.3 Å². The summed E-state index contributed by atoms with van der Waals surface area (Å²) in [4.78, 5) is 8.40. The number of rotatable bonds is 4. The maximum Gasteiger partial charge on any atom is 0.142 e. The summed E-state index contributed by atoms with van der Waals surface area (Å²) in [5.74, 6) is 0.775. The fourth-order valence-corrected chi connectivity index (χ4v) is 1.95. The lowest BCUT2D eigenvalue weighted by Crippen LogP contribution is -2.18. The third-order valence-corrected chi connectivity index (χ3v) is 2.90. The molecule has 2 heterocycles. The lowest BCUT2D eigenvalue weighted by Gasteiger charge is -2.19. The van der Waals surface area contributed by atoms with Crippen LogP contribution in [0.2, 0.25) is 0 Å². The number of ether oxygens (including phenoxy) is 1. The lowest BCUT2D eigenvalue weighted by atomic mass is 10.0. The molecular formula is C14H17N3O. The molecule has 0 amide bonds. The molecule has 2 aromatic rings. The number of aryl methyl sites for hydroxylation is 1. The fraction of sp³-hybridized carbons (Fsp3) is 0.286. The Morgan fingerprint density at radius 3 is 2.67 bits per heavy atom. The molecule has 4 heteroatoms. The lowest BCUT2D eigenvalue weighted by molar-refractivity contribution is 0.403. The Bertz CT molecular complexity index is 511. The number of nitrogens with zero attached hydrogens (tertiary/aromatic N) is 2. The number of pyridine rings is 2. The Balaban J connectivity index is 2.41. The quantitative estimate of drug-likeness (QED) is 0.893. The maximum atomic E-state index is 5.35. The van der Waals surface area contributed by atoms with Gasteiger partial charge in [0.1, 0.15) is 5.75 Å². The van der Waals surface area contributed by atoms with Crippen LogP contribution in [0.5, 0.6) is 5.75 Å². The fourth-order valence-electron chi connectivity index (χ4n) is 1.95. The largest absolute Gasteiger partial charge is 0.495 e. The minimum Gasteiger partial charge on any atom is -0.495 e. The van der Waals surface area contributed by atoms with E-state index < -0.39 is 0 Å². The van der Waals surface area contributed by atoms with Crippen molar-refractivity contribution in [3.63, 3.8) is 0 Å². The standard InChI is InChI=1S/C14H17N3O/c1-10-4-5-11(8-17-10)14(15-2)12-6-7-16-9-13(12)18-3/h4-9,14-15H,1-3H3. The van der Waals surface area contributed by atoms with E-state index in [2.05, 4.69) is 21.4 Å². The van der Waals surface area contributed by atoms with Crippen molar-refractivity contribution in [3.8, 4) is 5.75 Å². The molecule has 2 rings (SSSR count). The second-order valence-electron chi connectivity index (χ2n) is 4.07. The monoisotopic (exact) mass is 243 g/mol. The average molecular weight is 243 g/mol. The van der Waals surface area contributed by atoms with Gasteiger partial charge in [0.05, 0.1) is 19.3 Å². The summed E-state index contributed by atoms with van der Waals surface area (Å²) in [6.45, 7) is 1.98. The van der Waals surface area contributed by atoms with E-state index in [9.17, 15) is 0 Å². The SMILES string of the molecule is CNC(c1ccc(C)nc1)c1ccncc1OC. The number of methoxy groups -OCH3 is 1. The summed E-state index contributed by atoms with van der Waals surface area (Å²) < 4.78 is 5.35. The van der Waals surface area contributed by atoms with E-state index >= 15 is 0 Å². The van der Waals surface area contributed by atoms with Crippen LogP contribution in [0.1, 0.15) is 22.9 Å². The van der Waals surface area contributed by atoms with Crippen molar-refractivity contribution in [2.45, 2.75) is 13.0 Å². The van der Waals surface area contributed by atoms with Crippen LogP contribution in [0, 0.1) is 6.92 Å². The van der Waals surface area contributed by atoms with E-state index in [-0.39, 0.29) is 6.04 Å². The molecule has 0 saturated carbocycles. The minimum absolute atomic E-state index is 0.0519. The molecule has 0 aliphatic carbocycles. The van der Waals surface area contributed by atoms with Crippen LogP contribution < -0.4 is 10.1 Å². The van der Waals surface area contributed by atoms with E-state index in [1.807, 2.05) is 32.3 Å². The molecule has 4 nitrogen and oxygen atoms in total. The van der Waals surface area contributed by atoms with Crippen LogP contribution in [-0.4, -0.2) is 24.1 Å². The molecule has 94 valence electrons. The second-order valence-corrected chi connectivity index (χ2v) is 4.07. The molecule has 0 spiro atoms. The van der Waals surface area contributed by atoms with Crippen molar-refractivity contribution in [2.75, 3.05) is 14.2 Å². The van der Waals surface area contributed by atoms with Crippen LogP contribution in [0.15, 0.2) is 36.8 Å². The smallest absolute Gasteiger partial charge is 0.142 e. The molecule has 0 fully saturated rings. The number of aromatic nitrogens is 2. The molecule has 0 saturated heterocycles. The molecule has 1 atom stereocenters. The van der Waals surface area contributed by atoms with Gasteiger partial charge in [-0.15, -0.1) is 0 Å². The van der Waals surface area contributed by atoms with E-state index in [1.165, 1.54) is 0 Å². The molecule has 1 unspecified atom stereocenters. The van der Waals surface area contributed by atoms with Gasteiger partial charge in [0, 0.05) is 23.7 Å². The maximum absolute atomic E-state index is 5.35. The predicted octanol–water partition coefficient (Wildman–Crippen LogP) is 2.10. The van der Waals surface area contributed by atoms with Crippen LogP contribution >= 0.6 is 0 Å². The van der Waals surface area contributed by atoms with Crippen molar-refractivity contribution in [3.05, 3.63) is 53.6 Å². The number of hydrogen-bond acceptors (Lipinski definition) is 4. The summed E-state index contributed by atoms with van der Waals surface area (Å²) in [6.07, 6.45) is 5.38. The third-order valence-electron chi connectivity index (χ3n) is 2.90. The average Bonchev–Trinajstić information content (AvgIpc) is 2.42. The van der Waals surface area contributed by atoms with Gasteiger partial charge in [0.15, 0.2) is 0 Å². The van der Waals surface area contributed by atoms with Crippen LogP contribution in [0.3, 0.4) is 0 Å². The van der Waals surface area contributed by atoms with Gasteiger partial charge >= 0.3 is 0 Å². The summed E-state index contributed by atoms with van der Waals surface area (Å²) in [5.41, 5.74) is 3.17. The molecule has 0 aromatic carbocycles. The van der Waals surface area contributed by atoms with E-state index in [4.69, 9.17) is 4.74 Å². The number of nitrogens with one attached hydrogen (secondary N) is 1. The summed E-state index contributed by atoms with van der Waals surface area (Å²) in [6, 6.07) is 6.09. The summed E-state index contributed by atoms with van der Waals surface area (Å²) in [5, 5.41) is 3.28. The van der Waals surface area contributed by atoms with Gasteiger partial charge < -0.3 is 10.1 Å². The topological polar surface area (TPSA) is 47.0 Å². The molecule has 0 bridgehead atoms. The molecule has 1 N–H and O–H groups in total. The molecule has 0 aliphatic rings. The zero-order valence-electron chi connectivity index (χ0n) is 10.8. The highest BCUT2D eigenvalue weighted by Crippen LogP contribution is 2.28. The van der Waals surface area contributed by atoms with Crippen molar-refractivity contribution < 1.29 is 4.74 Å². The van der Waals surface area contributed by atoms with Gasteiger partial charge in [-0.3, -0.25) is 9.97 Å². The van der Waals surface area contributed by atoms with Crippen LogP contribution in [0.25, 0.3) is 0 Å². The van der Waals surface area contributed by atoms with E-state index in [0.29, 0.717) is 0 Å². The molecule has 0 radical (unpaired) electrons. The van der Waals surface area contributed by atoms with Crippen LogP contribution in [-0.2, 0) is 0 Å². The van der Waals surface area contributed by atoms with Gasteiger partial charge in [0.2, 0.25) is 0 Å². The zero-order chi connectivity index (χ0) is 13.0. The molecule has 18 heavy (non-hydrogen) atoms. The van der Waals surface area contributed by atoms with E-state index in [1.54, 1.807) is 19.5 Å². The highest BCUT2D eigenvalue weighted by molar-refractivity contribution is 5.39. The minimum atomic E-state index is 0.0519. The van der Waals surface area contributed by atoms with Gasteiger partial charge in [0.25, 0.3) is 0 Å². The van der Waals surface area contributed by atoms with Crippen LogP contribution in [0.4, 0.5) is 0 Å². The normalized spacial score (nSPS) is 12.2.